The Morgan fingerprint density at radius 2 is 1.95 bits per heavy atom. The molecule has 0 radical (unpaired) electrons. The van der Waals surface area contributed by atoms with Crippen molar-refractivity contribution in [3.05, 3.63) is 58.9 Å². The summed E-state index contributed by atoms with van der Waals surface area (Å²) in [5, 5.41) is 0. The maximum Gasteiger partial charge on any atom is 0.240 e. The van der Waals surface area contributed by atoms with Gasteiger partial charge < -0.3 is 5.73 Å². The van der Waals surface area contributed by atoms with Gasteiger partial charge in [0.25, 0.3) is 0 Å². The Balaban J connectivity index is 2.16. The second kappa shape index (κ2) is 6.34. The molecule has 0 aliphatic rings. The highest BCUT2D eigenvalue weighted by Gasteiger charge is 2.14. The molecule has 0 fully saturated rings. The number of rotatable bonds is 5. The lowest BCUT2D eigenvalue weighted by Crippen LogP contribution is -2.23. The van der Waals surface area contributed by atoms with E-state index in [1.54, 1.807) is 24.4 Å². The van der Waals surface area contributed by atoms with Gasteiger partial charge in [0.2, 0.25) is 10.0 Å². The molecule has 1 heterocycles. The predicted molar refractivity (Wildman–Crippen MR) is 82.1 cm³/mol. The molecule has 0 unspecified atom stereocenters. The zero-order chi connectivity index (χ0) is 15.5. The number of nitrogens with two attached hydrogens (primary N) is 1. The highest BCUT2D eigenvalue weighted by atomic mass is 32.2. The van der Waals surface area contributed by atoms with Crippen molar-refractivity contribution >= 4 is 10.0 Å². The first kappa shape index (κ1) is 15.6. The van der Waals surface area contributed by atoms with Crippen LogP contribution in [0, 0.1) is 13.8 Å². The number of benzene rings is 1. The summed E-state index contributed by atoms with van der Waals surface area (Å²) < 4.78 is 27.1. The molecule has 5 nitrogen and oxygen atoms in total. The Kier molecular flexibility index (Phi) is 4.72. The van der Waals surface area contributed by atoms with Crippen LogP contribution in [0.5, 0.6) is 0 Å². The van der Waals surface area contributed by atoms with Crippen LogP contribution in [0.2, 0.25) is 0 Å². The van der Waals surface area contributed by atoms with Crippen LogP contribution < -0.4 is 10.5 Å². The topological polar surface area (TPSA) is 85.1 Å². The predicted octanol–water partition coefficient (Wildman–Crippen LogP) is 1.64. The first-order valence-corrected chi connectivity index (χ1v) is 8.11. The van der Waals surface area contributed by atoms with Crippen LogP contribution in [0.4, 0.5) is 0 Å². The molecule has 0 aliphatic heterocycles. The third-order valence-electron chi connectivity index (χ3n) is 3.29. The molecule has 0 aliphatic carbocycles. The lowest BCUT2D eigenvalue weighted by molar-refractivity contribution is 0.581. The molecule has 2 rings (SSSR count). The van der Waals surface area contributed by atoms with Crippen molar-refractivity contribution in [2.75, 3.05) is 0 Å². The van der Waals surface area contributed by atoms with E-state index in [1.165, 1.54) is 0 Å². The summed E-state index contributed by atoms with van der Waals surface area (Å²) in [6.45, 7) is 4.32. The first-order chi connectivity index (χ1) is 9.92. The van der Waals surface area contributed by atoms with E-state index in [1.807, 2.05) is 26.0 Å². The van der Waals surface area contributed by atoms with Crippen molar-refractivity contribution in [1.29, 1.82) is 0 Å². The SMILES string of the molecule is Cc1ccc(CNS(=O)(=O)c2ccc(C)c(CN)c2)cn1. The van der Waals surface area contributed by atoms with E-state index in [0.717, 1.165) is 22.4 Å². The fraction of sp³-hybridized carbons (Fsp3) is 0.267. The molecule has 0 spiro atoms. The molecule has 1 aromatic carbocycles. The van der Waals surface area contributed by atoms with Gasteiger partial charge >= 0.3 is 0 Å². The van der Waals surface area contributed by atoms with Crippen molar-refractivity contribution in [3.63, 3.8) is 0 Å². The number of nitrogens with zero attached hydrogens (tertiary/aromatic N) is 1. The summed E-state index contributed by atoms with van der Waals surface area (Å²) >= 11 is 0. The van der Waals surface area contributed by atoms with Gasteiger partial charge in [-0.3, -0.25) is 4.98 Å². The number of hydrogen-bond acceptors (Lipinski definition) is 4. The molecule has 0 amide bonds. The standard InChI is InChI=1S/C15H19N3O2S/c1-11-3-6-15(7-14(11)8-16)21(19,20)18-10-13-5-4-12(2)17-9-13/h3-7,9,18H,8,10,16H2,1-2H3. The van der Waals surface area contributed by atoms with E-state index in [4.69, 9.17) is 5.73 Å². The second-order valence-corrected chi connectivity index (χ2v) is 6.69. The van der Waals surface area contributed by atoms with Crippen LogP contribution >= 0.6 is 0 Å². The highest BCUT2D eigenvalue weighted by molar-refractivity contribution is 7.89. The molecule has 3 N–H and O–H groups in total. The molecule has 0 bridgehead atoms. The summed E-state index contributed by atoms with van der Waals surface area (Å²) in [6, 6.07) is 8.67. The molecule has 6 heteroatoms. The average molecular weight is 305 g/mol. The minimum atomic E-state index is -3.55. The monoisotopic (exact) mass is 305 g/mol. The lowest BCUT2D eigenvalue weighted by atomic mass is 10.1. The Labute approximate surface area is 125 Å². The maximum absolute atomic E-state index is 12.3. The van der Waals surface area contributed by atoms with Gasteiger partial charge in [-0.2, -0.15) is 0 Å². The fourth-order valence-corrected chi connectivity index (χ4v) is 2.97. The smallest absolute Gasteiger partial charge is 0.240 e. The largest absolute Gasteiger partial charge is 0.326 e. The number of aryl methyl sites for hydroxylation is 2. The molecule has 112 valence electrons. The Morgan fingerprint density at radius 3 is 2.57 bits per heavy atom. The number of nitrogens with one attached hydrogen (secondary N) is 1. The zero-order valence-corrected chi connectivity index (χ0v) is 12.9. The van der Waals surface area contributed by atoms with Gasteiger partial charge in [-0.25, -0.2) is 13.1 Å². The molecule has 0 saturated heterocycles. The second-order valence-electron chi connectivity index (χ2n) is 4.92. The van der Waals surface area contributed by atoms with Crippen LogP contribution in [-0.4, -0.2) is 13.4 Å². The molecule has 21 heavy (non-hydrogen) atoms. The maximum atomic E-state index is 12.3. The average Bonchev–Trinajstić information content (AvgIpc) is 2.47. The normalized spacial score (nSPS) is 11.6. The van der Waals surface area contributed by atoms with Gasteiger partial charge in [-0.1, -0.05) is 12.1 Å². The quantitative estimate of drug-likeness (QED) is 0.879. The van der Waals surface area contributed by atoms with E-state index >= 15 is 0 Å². The van der Waals surface area contributed by atoms with Gasteiger partial charge in [0.15, 0.2) is 0 Å². The van der Waals surface area contributed by atoms with E-state index in [2.05, 4.69) is 9.71 Å². The summed E-state index contributed by atoms with van der Waals surface area (Å²) in [5.41, 5.74) is 9.14. The van der Waals surface area contributed by atoms with Crippen molar-refractivity contribution in [1.82, 2.24) is 9.71 Å². The summed E-state index contributed by atoms with van der Waals surface area (Å²) in [6.07, 6.45) is 1.66. The highest BCUT2D eigenvalue weighted by Crippen LogP contribution is 2.15. The van der Waals surface area contributed by atoms with Crippen molar-refractivity contribution in [3.8, 4) is 0 Å². The zero-order valence-electron chi connectivity index (χ0n) is 12.1. The number of aromatic nitrogens is 1. The Morgan fingerprint density at radius 1 is 1.19 bits per heavy atom. The summed E-state index contributed by atoms with van der Waals surface area (Å²) in [5.74, 6) is 0. The summed E-state index contributed by atoms with van der Waals surface area (Å²) in [7, 11) is -3.55. The number of pyridine rings is 1. The van der Waals surface area contributed by atoms with E-state index in [9.17, 15) is 8.42 Å². The fourth-order valence-electron chi connectivity index (χ4n) is 1.90. The lowest BCUT2D eigenvalue weighted by Gasteiger charge is -2.09. The van der Waals surface area contributed by atoms with Crippen LogP contribution in [0.15, 0.2) is 41.4 Å². The van der Waals surface area contributed by atoms with E-state index in [-0.39, 0.29) is 11.4 Å². The van der Waals surface area contributed by atoms with E-state index in [0.29, 0.717) is 6.54 Å². The van der Waals surface area contributed by atoms with Gasteiger partial charge in [-0.15, -0.1) is 0 Å². The minimum Gasteiger partial charge on any atom is -0.326 e. The van der Waals surface area contributed by atoms with Crippen molar-refractivity contribution in [2.24, 2.45) is 5.73 Å². The molecule has 0 saturated carbocycles. The van der Waals surface area contributed by atoms with Crippen molar-refractivity contribution in [2.45, 2.75) is 31.8 Å². The molecular formula is C15H19N3O2S. The number of hydrogen-bond donors (Lipinski definition) is 2. The minimum absolute atomic E-state index is 0.210. The van der Waals surface area contributed by atoms with Gasteiger partial charge in [0.1, 0.15) is 0 Å². The molecular weight excluding hydrogens is 286 g/mol. The first-order valence-electron chi connectivity index (χ1n) is 6.63. The Bertz CT molecular complexity index is 725. The van der Waals surface area contributed by atoms with E-state index < -0.39 is 10.0 Å². The number of sulfonamides is 1. The van der Waals surface area contributed by atoms with Crippen LogP contribution in [0.1, 0.15) is 22.4 Å². The Hall–Kier alpha value is -1.76. The molecule has 0 atom stereocenters. The molecule has 2 aromatic rings. The third-order valence-corrected chi connectivity index (χ3v) is 4.69. The van der Waals surface area contributed by atoms with Crippen LogP contribution in [-0.2, 0) is 23.1 Å². The van der Waals surface area contributed by atoms with Crippen molar-refractivity contribution < 1.29 is 8.42 Å². The molecule has 1 aromatic heterocycles. The summed E-state index contributed by atoms with van der Waals surface area (Å²) in [4.78, 5) is 4.37. The van der Waals surface area contributed by atoms with Crippen LogP contribution in [0.3, 0.4) is 0 Å². The van der Waals surface area contributed by atoms with Gasteiger partial charge in [0, 0.05) is 25.0 Å². The van der Waals surface area contributed by atoms with Crippen LogP contribution in [0.25, 0.3) is 0 Å². The third kappa shape index (κ3) is 3.87. The van der Waals surface area contributed by atoms with Gasteiger partial charge in [-0.05, 0) is 48.7 Å². The van der Waals surface area contributed by atoms with Gasteiger partial charge in [0.05, 0.1) is 4.90 Å².